The van der Waals surface area contributed by atoms with Crippen molar-refractivity contribution in [2.75, 3.05) is 38.7 Å². The number of aromatic nitrogens is 2. The summed E-state index contributed by atoms with van der Waals surface area (Å²) in [6, 6.07) is 20.3. The first kappa shape index (κ1) is 23.6. The lowest BCUT2D eigenvalue weighted by atomic mass is 9.91. The molecule has 1 aromatic heterocycles. The van der Waals surface area contributed by atoms with Gasteiger partial charge in [0.1, 0.15) is 5.82 Å². The van der Waals surface area contributed by atoms with Gasteiger partial charge in [0.15, 0.2) is 0 Å². The van der Waals surface area contributed by atoms with Crippen molar-refractivity contribution >= 4 is 11.8 Å². The van der Waals surface area contributed by atoms with Crippen LogP contribution in [0.3, 0.4) is 0 Å². The third-order valence-corrected chi connectivity index (χ3v) is 7.41. The summed E-state index contributed by atoms with van der Waals surface area (Å²) in [5, 5.41) is 11.4. The van der Waals surface area contributed by atoms with Crippen molar-refractivity contribution in [2.24, 2.45) is 0 Å². The zero-order chi connectivity index (χ0) is 24.4. The highest BCUT2D eigenvalue weighted by atomic mass is 16.5. The summed E-state index contributed by atoms with van der Waals surface area (Å²) < 4.78 is 7.18. The van der Waals surface area contributed by atoms with E-state index in [1.807, 2.05) is 41.1 Å². The molecule has 2 heterocycles. The molecule has 184 valence electrons. The Bertz CT molecular complexity index is 1160. The van der Waals surface area contributed by atoms with Gasteiger partial charge >= 0.3 is 6.03 Å². The second kappa shape index (κ2) is 9.84. The van der Waals surface area contributed by atoms with Gasteiger partial charge in [0, 0.05) is 43.6 Å². The molecular weight excluding hydrogens is 438 g/mol. The first-order valence-corrected chi connectivity index (χ1v) is 12.5. The van der Waals surface area contributed by atoms with E-state index in [1.54, 1.807) is 7.11 Å². The number of rotatable bonds is 7. The maximum absolute atomic E-state index is 13.4. The number of likely N-dealkylation sites (tertiary alicyclic amines) is 1. The summed E-state index contributed by atoms with van der Waals surface area (Å²) in [5.41, 5.74) is 4.40. The monoisotopic (exact) mass is 473 g/mol. The minimum Gasteiger partial charge on any atom is -0.383 e. The van der Waals surface area contributed by atoms with Gasteiger partial charge in [0.05, 0.1) is 24.0 Å². The number of para-hydroxylation sites is 1. The van der Waals surface area contributed by atoms with Gasteiger partial charge in [0.25, 0.3) is 0 Å². The van der Waals surface area contributed by atoms with Gasteiger partial charge in [-0.05, 0) is 30.5 Å². The van der Waals surface area contributed by atoms with E-state index in [4.69, 9.17) is 9.84 Å². The highest BCUT2D eigenvalue weighted by Crippen LogP contribution is 2.42. The average Bonchev–Trinajstić information content (AvgIpc) is 3.52. The van der Waals surface area contributed by atoms with E-state index in [0.717, 1.165) is 55.2 Å². The number of ether oxygens (including phenoxy) is 1. The SMILES string of the molecule is COCCN1CC(c2ccccc2)[C@H](NC(=O)Nc2c3c(nn2-c2ccccc2)C(C)(C)CC3)C1. The predicted octanol–water partition coefficient (Wildman–Crippen LogP) is 4.33. The highest BCUT2D eigenvalue weighted by Gasteiger charge is 2.38. The van der Waals surface area contributed by atoms with Crippen LogP contribution in [-0.4, -0.2) is 60.1 Å². The third kappa shape index (κ3) is 4.83. The number of nitrogens with zero attached hydrogens (tertiary/aromatic N) is 3. The lowest BCUT2D eigenvalue weighted by molar-refractivity contribution is 0.159. The molecule has 5 rings (SSSR count). The van der Waals surface area contributed by atoms with Crippen molar-refractivity contribution in [2.45, 2.75) is 44.1 Å². The maximum atomic E-state index is 13.4. The Morgan fingerprint density at radius 1 is 1.09 bits per heavy atom. The normalized spacial score (nSPS) is 21.1. The molecule has 1 saturated heterocycles. The maximum Gasteiger partial charge on any atom is 0.320 e. The second-order valence-electron chi connectivity index (χ2n) is 10.3. The summed E-state index contributed by atoms with van der Waals surface area (Å²) in [6.45, 7) is 7.66. The van der Waals surface area contributed by atoms with Gasteiger partial charge < -0.3 is 10.1 Å². The van der Waals surface area contributed by atoms with Crippen molar-refractivity contribution in [3.8, 4) is 5.69 Å². The Morgan fingerprint density at radius 3 is 2.51 bits per heavy atom. The Morgan fingerprint density at radius 2 is 1.80 bits per heavy atom. The Balaban J connectivity index is 1.39. The number of fused-ring (bicyclic) bond motifs is 1. The number of anilines is 1. The number of benzene rings is 2. The summed E-state index contributed by atoms with van der Waals surface area (Å²) in [7, 11) is 1.73. The van der Waals surface area contributed by atoms with E-state index in [9.17, 15) is 4.79 Å². The highest BCUT2D eigenvalue weighted by molar-refractivity contribution is 5.90. The Labute approximate surface area is 207 Å². The fourth-order valence-corrected chi connectivity index (χ4v) is 5.46. The van der Waals surface area contributed by atoms with Crippen LogP contribution < -0.4 is 10.6 Å². The molecule has 2 aromatic carbocycles. The third-order valence-electron chi connectivity index (χ3n) is 7.41. The lowest BCUT2D eigenvalue weighted by Gasteiger charge is -2.21. The van der Waals surface area contributed by atoms with Gasteiger partial charge in [0.2, 0.25) is 0 Å². The molecule has 2 amide bonds. The minimum absolute atomic E-state index is 0.00597. The summed E-state index contributed by atoms with van der Waals surface area (Å²) in [6.07, 6.45) is 1.94. The van der Waals surface area contributed by atoms with Crippen molar-refractivity contribution in [3.05, 3.63) is 77.5 Å². The van der Waals surface area contributed by atoms with Crippen LogP contribution in [0.15, 0.2) is 60.7 Å². The van der Waals surface area contributed by atoms with Crippen molar-refractivity contribution in [3.63, 3.8) is 0 Å². The van der Waals surface area contributed by atoms with Gasteiger partial charge in [-0.1, -0.05) is 62.4 Å². The van der Waals surface area contributed by atoms with Crippen LogP contribution in [-0.2, 0) is 16.6 Å². The van der Waals surface area contributed by atoms with Gasteiger partial charge in [-0.25, -0.2) is 9.48 Å². The van der Waals surface area contributed by atoms with E-state index in [1.165, 1.54) is 5.56 Å². The molecule has 0 saturated carbocycles. The number of carbonyl (C=O) groups is 1. The number of hydrogen-bond acceptors (Lipinski definition) is 4. The molecular formula is C28H35N5O2. The molecule has 1 aliphatic carbocycles. The molecule has 0 radical (unpaired) electrons. The topological polar surface area (TPSA) is 71.4 Å². The molecule has 1 unspecified atom stereocenters. The Kier molecular flexibility index (Phi) is 6.62. The quantitative estimate of drug-likeness (QED) is 0.536. The van der Waals surface area contributed by atoms with Crippen LogP contribution >= 0.6 is 0 Å². The molecule has 35 heavy (non-hydrogen) atoms. The van der Waals surface area contributed by atoms with Crippen molar-refractivity contribution < 1.29 is 9.53 Å². The van der Waals surface area contributed by atoms with E-state index in [0.29, 0.717) is 6.61 Å². The van der Waals surface area contributed by atoms with Crippen LogP contribution in [0.5, 0.6) is 0 Å². The molecule has 2 aliphatic rings. The van der Waals surface area contributed by atoms with E-state index >= 15 is 0 Å². The molecule has 0 spiro atoms. The van der Waals surface area contributed by atoms with E-state index < -0.39 is 0 Å². The number of nitrogens with one attached hydrogen (secondary N) is 2. The standard InChI is InChI=1S/C28H35N5O2/c1-28(2)15-14-22-25(28)31-33(21-12-8-5-9-13-21)26(22)30-27(34)29-24-19-32(16-17-35-3)18-23(24)20-10-6-4-7-11-20/h4-13,23-24H,14-19H2,1-3H3,(H2,29,30,34)/t23?,24-/m1/s1. The fraction of sp³-hybridized carbons (Fsp3) is 0.429. The summed E-state index contributed by atoms with van der Waals surface area (Å²) in [5.74, 6) is 1.00. The molecule has 3 aromatic rings. The van der Waals surface area contributed by atoms with Gasteiger partial charge in [-0.2, -0.15) is 5.10 Å². The van der Waals surface area contributed by atoms with Gasteiger partial charge in [-0.3, -0.25) is 10.2 Å². The Hall–Kier alpha value is -3.16. The summed E-state index contributed by atoms with van der Waals surface area (Å²) in [4.78, 5) is 15.8. The second-order valence-corrected chi connectivity index (χ2v) is 10.3. The van der Waals surface area contributed by atoms with Crippen LogP contribution in [0.25, 0.3) is 5.69 Å². The molecule has 7 nitrogen and oxygen atoms in total. The molecule has 2 atom stereocenters. The first-order valence-electron chi connectivity index (χ1n) is 12.5. The predicted molar refractivity (Wildman–Crippen MR) is 138 cm³/mol. The lowest BCUT2D eigenvalue weighted by Crippen LogP contribution is -2.42. The molecule has 2 N–H and O–H groups in total. The number of hydrogen-bond donors (Lipinski definition) is 2. The van der Waals surface area contributed by atoms with Crippen LogP contribution in [0.4, 0.5) is 10.6 Å². The molecule has 0 bridgehead atoms. The number of methoxy groups -OCH3 is 1. The first-order chi connectivity index (χ1) is 17.0. The number of carbonyl (C=O) groups excluding carboxylic acids is 1. The van der Waals surface area contributed by atoms with E-state index in [2.05, 4.69) is 53.6 Å². The average molecular weight is 474 g/mol. The van der Waals surface area contributed by atoms with Crippen LogP contribution in [0, 0.1) is 0 Å². The molecule has 7 heteroatoms. The largest absolute Gasteiger partial charge is 0.383 e. The zero-order valence-corrected chi connectivity index (χ0v) is 20.8. The minimum atomic E-state index is -0.186. The fourth-order valence-electron chi connectivity index (χ4n) is 5.46. The molecule has 1 aliphatic heterocycles. The summed E-state index contributed by atoms with van der Waals surface area (Å²) >= 11 is 0. The van der Waals surface area contributed by atoms with Crippen LogP contribution in [0.2, 0.25) is 0 Å². The molecule has 1 fully saturated rings. The number of urea groups is 1. The smallest absolute Gasteiger partial charge is 0.320 e. The van der Waals surface area contributed by atoms with Crippen molar-refractivity contribution in [1.29, 1.82) is 0 Å². The zero-order valence-electron chi connectivity index (χ0n) is 20.8. The van der Waals surface area contributed by atoms with Crippen molar-refractivity contribution in [1.82, 2.24) is 20.0 Å². The van der Waals surface area contributed by atoms with Crippen LogP contribution in [0.1, 0.15) is 43.0 Å². The van der Waals surface area contributed by atoms with E-state index in [-0.39, 0.29) is 23.4 Å². The van der Waals surface area contributed by atoms with Gasteiger partial charge in [-0.15, -0.1) is 0 Å². The number of amides is 2.